The Morgan fingerprint density at radius 1 is 1.33 bits per heavy atom. The lowest BCUT2D eigenvalue weighted by atomic mass is 10.1. The van der Waals surface area contributed by atoms with Crippen LogP contribution in [0.1, 0.15) is 69.6 Å². The number of aldehydes is 1. The summed E-state index contributed by atoms with van der Waals surface area (Å²) in [4.78, 5) is 23.9. The number of nitrogens with one attached hydrogen (secondary N) is 1. The molecular formula is C21H36N4OS. The predicted octanol–water partition coefficient (Wildman–Crippen LogP) is 5.85. The van der Waals surface area contributed by atoms with Crippen LogP contribution in [-0.4, -0.2) is 42.6 Å². The van der Waals surface area contributed by atoms with E-state index in [-0.39, 0.29) is 0 Å². The molecule has 0 saturated carbocycles. The zero-order chi connectivity index (χ0) is 20.8. The summed E-state index contributed by atoms with van der Waals surface area (Å²) in [6.45, 7) is 13.0. The maximum atomic E-state index is 11.3. The summed E-state index contributed by atoms with van der Waals surface area (Å²) in [5, 5.41) is 4.16. The van der Waals surface area contributed by atoms with Crippen molar-refractivity contribution in [1.82, 2.24) is 9.88 Å². The highest BCUT2D eigenvalue weighted by Gasteiger charge is 2.15. The number of nitrogens with zero attached hydrogens (tertiary/aromatic N) is 3. The van der Waals surface area contributed by atoms with Crippen LogP contribution in [0, 0.1) is 0 Å². The molecule has 1 unspecified atom stereocenters. The van der Waals surface area contributed by atoms with Crippen molar-refractivity contribution in [2.24, 2.45) is 4.99 Å². The zero-order valence-corrected chi connectivity index (χ0v) is 19.0. The van der Waals surface area contributed by atoms with E-state index in [9.17, 15) is 4.79 Å². The van der Waals surface area contributed by atoms with Crippen molar-refractivity contribution >= 4 is 39.9 Å². The monoisotopic (exact) mass is 392 g/mol. The second kappa shape index (κ2) is 14.2. The summed E-state index contributed by atoms with van der Waals surface area (Å²) >= 11 is 1.42. The molecule has 0 aliphatic heterocycles. The van der Waals surface area contributed by atoms with Crippen molar-refractivity contribution in [1.29, 1.82) is 0 Å². The van der Waals surface area contributed by atoms with E-state index in [1.54, 1.807) is 6.20 Å². The molecule has 5 nitrogen and oxygen atoms in total. The lowest BCUT2D eigenvalue weighted by Gasteiger charge is -2.20. The number of pyridine rings is 1. The van der Waals surface area contributed by atoms with Crippen LogP contribution in [0.25, 0.3) is 10.2 Å². The van der Waals surface area contributed by atoms with E-state index < -0.39 is 0 Å². The van der Waals surface area contributed by atoms with E-state index in [0.29, 0.717) is 17.5 Å². The predicted molar refractivity (Wildman–Crippen MR) is 122 cm³/mol. The number of carbonyl (C=O) groups is 1. The highest BCUT2D eigenvalue weighted by Crippen LogP contribution is 2.34. The standard InChI is InChI=1S/C16H22N4OS.C3H8.C2H6/c1-5-11(2)20(4)10-18-8-12-14(9-21)22-16-15(12)13(17-3)6-7-19-16;1-3-2;1-2/h6-7,9-11H,5,8H2,1-4H3,(H,17,19);3H2,1-2H3;1-2H3. The van der Waals surface area contributed by atoms with Crippen LogP contribution < -0.4 is 5.32 Å². The fraction of sp³-hybridized carbons (Fsp3) is 0.571. The molecule has 2 aromatic rings. The molecule has 0 radical (unpaired) electrons. The van der Waals surface area contributed by atoms with Gasteiger partial charge < -0.3 is 10.2 Å². The smallest absolute Gasteiger partial charge is 0.160 e. The summed E-state index contributed by atoms with van der Waals surface area (Å²) in [6, 6.07) is 2.37. The molecule has 1 atom stereocenters. The number of hydrogen-bond donors (Lipinski definition) is 1. The Bertz CT molecular complexity index is 697. The second-order valence-corrected chi connectivity index (χ2v) is 6.97. The number of rotatable bonds is 7. The van der Waals surface area contributed by atoms with Gasteiger partial charge in [0.15, 0.2) is 6.29 Å². The van der Waals surface area contributed by atoms with Crippen molar-refractivity contribution in [2.75, 3.05) is 19.4 Å². The molecule has 0 spiro atoms. The maximum absolute atomic E-state index is 11.3. The third-order valence-corrected chi connectivity index (χ3v) is 4.96. The van der Waals surface area contributed by atoms with Crippen LogP contribution in [0.15, 0.2) is 17.3 Å². The lowest BCUT2D eigenvalue weighted by molar-refractivity contribution is 0.112. The van der Waals surface area contributed by atoms with Crippen LogP contribution >= 0.6 is 11.3 Å². The molecule has 6 heteroatoms. The Hall–Kier alpha value is -1.95. The van der Waals surface area contributed by atoms with Crippen molar-refractivity contribution in [3.63, 3.8) is 0 Å². The number of aliphatic imine (C=N–C) groups is 1. The summed E-state index contributed by atoms with van der Waals surface area (Å²) < 4.78 is 0. The summed E-state index contributed by atoms with van der Waals surface area (Å²) in [6.07, 6.45) is 6.82. The topological polar surface area (TPSA) is 57.6 Å². The molecule has 2 aromatic heterocycles. The average molecular weight is 393 g/mol. The van der Waals surface area contributed by atoms with Crippen LogP contribution in [0.3, 0.4) is 0 Å². The molecule has 0 amide bonds. The van der Waals surface area contributed by atoms with E-state index in [4.69, 9.17) is 0 Å². The molecule has 0 fully saturated rings. The van der Waals surface area contributed by atoms with Gasteiger partial charge in [-0.05, 0) is 19.4 Å². The summed E-state index contributed by atoms with van der Waals surface area (Å²) in [7, 11) is 3.89. The molecule has 152 valence electrons. The fourth-order valence-electron chi connectivity index (χ4n) is 2.22. The number of thiophene rings is 1. The second-order valence-electron chi connectivity index (χ2n) is 5.94. The molecule has 0 bridgehead atoms. The number of aromatic nitrogens is 1. The molecule has 0 aliphatic rings. The van der Waals surface area contributed by atoms with Gasteiger partial charge in [-0.3, -0.25) is 9.79 Å². The minimum Gasteiger partial charge on any atom is -0.387 e. The minimum absolute atomic E-state index is 0.447. The maximum Gasteiger partial charge on any atom is 0.160 e. The number of fused-ring (bicyclic) bond motifs is 1. The van der Waals surface area contributed by atoms with Crippen LogP contribution in [-0.2, 0) is 6.54 Å². The molecule has 0 aromatic carbocycles. The fourth-order valence-corrected chi connectivity index (χ4v) is 3.22. The number of anilines is 1. The van der Waals surface area contributed by atoms with Gasteiger partial charge in [0.2, 0.25) is 0 Å². The molecular weight excluding hydrogens is 356 g/mol. The molecule has 1 N–H and O–H groups in total. The van der Waals surface area contributed by atoms with E-state index in [2.05, 4.69) is 47.9 Å². The molecule has 2 heterocycles. The Morgan fingerprint density at radius 2 is 1.96 bits per heavy atom. The van der Waals surface area contributed by atoms with Crippen molar-refractivity contribution in [2.45, 2.75) is 67.0 Å². The third-order valence-electron chi connectivity index (χ3n) is 3.90. The summed E-state index contributed by atoms with van der Waals surface area (Å²) in [5.74, 6) is 0. The van der Waals surface area contributed by atoms with E-state index in [1.807, 2.05) is 40.3 Å². The Labute approximate surface area is 168 Å². The lowest BCUT2D eigenvalue weighted by Crippen LogP contribution is -2.26. The summed E-state index contributed by atoms with van der Waals surface area (Å²) in [5.41, 5.74) is 1.93. The van der Waals surface area contributed by atoms with E-state index in [1.165, 1.54) is 17.8 Å². The van der Waals surface area contributed by atoms with Gasteiger partial charge in [-0.2, -0.15) is 0 Å². The first-order valence-electron chi connectivity index (χ1n) is 9.78. The third kappa shape index (κ3) is 7.29. The van der Waals surface area contributed by atoms with Crippen molar-refractivity contribution < 1.29 is 4.79 Å². The van der Waals surface area contributed by atoms with Gasteiger partial charge >= 0.3 is 0 Å². The van der Waals surface area contributed by atoms with Gasteiger partial charge in [-0.1, -0.05) is 41.0 Å². The quantitative estimate of drug-likeness (QED) is 0.365. The molecule has 0 aliphatic carbocycles. The largest absolute Gasteiger partial charge is 0.387 e. The Balaban J connectivity index is 0.00000123. The SMILES string of the molecule is CC.CCC.CCC(C)N(C)C=NCc1c(C=O)sc2nccc(NC)c12. The minimum atomic E-state index is 0.447. The first kappa shape index (κ1) is 25.1. The van der Waals surface area contributed by atoms with Crippen molar-refractivity contribution in [3.8, 4) is 0 Å². The highest BCUT2D eigenvalue weighted by atomic mass is 32.1. The Morgan fingerprint density at radius 3 is 2.48 bits per heavy atom. The first-order valence-corrected chi connectivity index (χ1v) is 10.6. The van der Waals surface area contributed by atoms with Crippen molar-refractivity contribution in [3.05, 3.63) is 22.7 Å². The number of carbonyl (C=O) groups excluding carboxylic acids is 1. The normalized spacial score (nSPS) is 11.3. The van der Waals surface area contributed by atoms with E-state index in [0.717, 1.165) is 34.2 Å². The highest BCUT2D eigenvalue weighted by molar-refractivity contribution is 7.20. The molecule has 0 saturated heterocycles. The van der Waals surface area contributed by atoms with Gasteiger partial charge in [0.25, 0.3) is 0 Å². The average Bonchev–Trinajstić information content (AvgIpc) is 3.07. The molecule has 2 rings (SSSR count). The van der Waals surface area contributed by atoms with Gasteiger partial charge in [-0.15, -0.1) is 11.3 Å². The van der Waals surface area contributed by atoms with Crippen LogP contribution in [0.5, 0.6) is 0 Å². The van der Waals surface area contributed by atoms with Gasteiger partial charge in [0.05, 0.1) is 17.8 Å². The first-order chi connectivity index (χ1) is 13.0. The van der Waals surface area contributed by atoms with Gasteiger partial charge in [-0.25, -0.2) is 4.98 Å². The van der Waals surface area contributed by atoms with Gasteiger partial charge in [0, 0.05) is 43.0 Å². The Kier molecular flexibility index (Phi) is 13.1. The van der Waals surface area contributed by atoms with Crippen LogP contribution in [0.2, 0.25) is 0 Å². The number of hydrogen-bond acceptors (Lipinski definition) is 5. The van der Waals surface area contributed by atoms with E-state index >= 15 is 0 Å². The zero-order valence-electron chi connectivity index (χ0n) is 18.2. The van der Waals surface area contributed by atoms with Gasteiger partial charge in [0.1, 0.15) is 4.83 Å². The molecule has 27 heavy (non-hydrogen) atoms. The van der Waals surface area contributed by atoms with Crippen LogP contribution in [0.4, 0.5) is 5.69 Å².